The van der Waals surface area contributed by atoms with Crippen LogP contribution in [0.4, 0.5) is 11.4 Å². The van der Waals surface area contributed by atoms with Crippen LogP contribution in [0.15, 0.2) is 42.5 Å². The number of nitrogens with zero attached hydrogens (tertiary/aromatic N) is 2. The third-order valence-corrected chi connectivity index (χ3v) is 4.53. The smallest absolute Gasteiger partial charge is 0.282 e. The van der Waals surface area contributed by atoms with E-state index in [1.807, 2.05) is 12.1 Å². The molecule has 3 rings (SSSR count). The highest BCUT2D eigenvalue weighted by Crippen LogP contribution is 2.30. The minimum Gasteiger partial charge on any atom is -0.325 e. The highest BCUT2D eigenvalue weighted by molar-refractivity contribution is 6.24. The molecular weight excluding hydrogens is 362 g/mol. The van der Waals surface area contributed by atoms with E-state index in [4.69, 9.17) is 0 Å². The first-order chi connectivity index (χ1) is 13.4. The molecule has 0 spiro atoms. The molecule has 0 aromatic heterocycles. The van der Waals surface area contributed by atoms with Crippen molar-refractivity contribution in [1.82, 2.24) is 4.90 Å². The molecule has 0 unspecified atom stereocenters. The molecule has 0 bridgehead atoms. The normalized spacial score (nSPS) is 12.8. The molecule has 144 valence electrons. The summed E-state index contributed by atoms with van der Waals surface area (Å²) in [6, 6.07) is 11.2. The molecule has 0 radical (unpaired) electrons. The lowest BCUT2D eigenvalue weighted by Gasteiger charge is -2.13. The van der Waals surface area contributed by atoms with Crippen molar-refractivity contribution in [2.75, 3.05) is 11.9 Å². The fourth-order valence-corrected chi connectivity index (χ4v) is 3.09. The minimum absolute atomic E-state index is 0.0627. The Morgan fingerprint density at radius 2 is 1.82 bits per heavy atom. The van der Waals surface area contributed by atoms with Gasteiger partial charge < -0.3 is 5.32 Å². The molecule has 2 aromatic carbocycles. The number of nitrogens with one attached hydrogen (secondary N) is 1. The minimum atomic E-state index is -0.836. The molecule has 8 heteroatoms. The SMILES string of the molecule is CCCCc1ccc(NC(=O)CN2C(=O)c3cccc([N+](=O)[O-])c3C2=O)cc1. The van der Waals surface area contributed by atoms with Crippen LogP contribution >= 0.6 is 0 Å². The Balaban J connectivity index is 1.69. The van der Waals surface area contributed by atoms with Crippen LogP contribution in [0.25, 0.3) is 0 Å². The number of hydrogen-bond donors (Lipinski definition) is 1. The molecule has 0 saturated heterocycles. The first-order valence-electron chi connectivity index (χ1n) is 8.94. The van der Waals surface area contributed by atoms with Crippen molar-refractivity contribution in [3.63, 3.8) is 0 Å². The van der Waals surface area contributed by atoms with Gasteiger partial charge in [-0.15, -0.1) is 0 Å². The largest absolute Gasteiger partial charge is 0.325 e. The number of amides is 3. The number of rotatable bonds is 7. The summed E-state index contributed by atoms with van der Waals surface area (Å²) in [6.45, 7) is 1.60. The lowest BCUT2D eigenvalue weighted by Crippen LogP contribution is -2.37. The van der Waals surface area contributed by atoms with Gasteiger partial charge >= 0.3 is 0 Å². The summed E-state index contributed by atoms with van der Waals surface area (Å²) in [5, 5.41) is 13.8. The third kappa shape index (κ3) is 3.75. The number of nitro groups is 1. The first-order valence-corrected chi connectivity index (χ1v) is 8.94. The van der Waals surface area contributed by atoms with E-state index in [1.54, 1.807) is 12.1 Å². The van der Waals surface area contributed by atoms with Crippen LogP contribution in [-0.4, -0.2) is 34.1 Å². The van der Waals surface area contributed by atoms with Gasteiger partial charge in [-0.2, -0.15) is 0 Å². The lowest BCUT2D eigenvalue weighted by atomic mass is 10.1. The second-order valence-corrected chi connectivity index (χ2v) is 6.50. The Morgan fingerprint density at radius 3 is 2.46 bits per heavy atom. The Morgan fingerprint density at radius 1 is 1.11 bits per heavy atom. The molecule has 1 N–H and O–H groups in total. The zero-order valence-electron chi connectivity index (χ0n) is 15.3. The highest BCUT2D eigenvalue weighted by atomic mass is 16.6. The van der Waals surface area contributed by atoms with Crippen molar-refractivity contribution >= 4 is 29.1 Å². The Hall–Kier alpha value is -3.55. The van der Waals surface area contributed by atoms with E-state index in [2.05, 4.69) is 12.2 Å². The summed E-state index contributed by atoms with van der Waals surface area (Å²) in [6.07, 6.45) is 3.13. The average molecular weight is 381 g/mol. The summed E-state index contributed by atoms with van der Waals surface area (Å²) in [4.78, 5) is 48.3. The number of hydrogen-bond acceptors (Lipinski definition) is 5. The number of unbranched alkanes of at least 4 members (excludes halogenated alkanes) is 1. The maximum atomic E-state index is 12.5. The van der Waals surface area contributed by atoms with Crippen LogP contribution in [0.3, 0.4) is 0 Å². The van der Waals surface area contributed by atoms with Crippen molar-refractivity contribution in [1.29, 1.82) is 0 Å². The summed E-state index contributed by atoms with van der Waals surface area (Å²) in [7, 11) is 0. The lowest BCUT2D eigenvalue weighted by molar-refractivity contribution is -0.385. The molecule has 8 nitrogen and oxygen atoms in total. The molecule has 1 aliphatic heterocycles. The zero-order chi connectivity index (χ0) is 20.3. The first kappa shape index (κ1) is 19.2. The van der Waals surface area contributed by atoms with E-state index in [9.17, 15) is 24.5 Å². The van der Waals surface area contributed by atoms with Crippen molar-refractivity contribution in [2.45, 2.75) is 26.2 Å². The van der Waals surface area contributed by atoms with Crippen molar-refractivity contribution in [3.8, 4) is 0 Å². The summed E-state index contributed by atoms with van der Waals surface area (Å²) >= 11 is 0. The number of nitro benzene ring substituents is 1. The number of anilines is 1. The maximum Gasteiger partial charge on any atom is 0.282 e. The molecule has 0 fully saturated rings. The van der Waals surface area contributed by atoms with E-state index >= 15 is 0 Å². The Kier molecular flexibility index (Phi) is 5.49. The van der Waals surface area contributed by atoms with Gasteiger partial charge in [-0.1, -0.05) is 31.5 Å². The summed E-state index contributed by atoms with van der Waals surface area (Å²) in [5.41, 5.74) is 0.930. The molecule has 2 aromatic rings. The number of carbonyl (C=O) groups excluding carboxylic acids is 3. The number of carbonyl (C=O) groups is 3. The quantitative estimate of drug-likeness (QED) is 0.450. The van der Waals surface area contributed by atoms with Crippen LogP contribution in [0, 0.1) is 10.1 Å². The highest BCUT2D eigenvalue weighted by Gasteiger charge is 2.41. The maximum absolute atomic E-state index is 12.5. The predicted octanol–water partition coefficient (Wildman–Crippen LogP) is 3.17. The number of aryl methyl sites for hydroxylation is 1. The predicted molar refractivity (Wildman–Crippen MR) is 102 cm³/mol. The van der Waals surface area contributed by atoms with Crippen LogP contribution in [-0.2, 0) is 11.2 Å². The van der Waals surface area contributed by atoms with Gasteiger partial charge in [0.05, 0.1) is 10.5 Å². The standard InChI is InChI=1S/C20H19N3O5/c1-2-3-5-13-8-10-14(11-9-13)21-17(24)12-22-19(25)15-6-4-7-16(23(27)28)18(15)20(22)26/h4,6-11H,2-3,5,12H2,1H3,(H,21,24). The van der Waals surface area contributed by atoms with Crippen LogP contribution < -0.4 is 5.32 Å². The third-order valence-electron chi connectivity index (χ3n) is 4.53. The molecule has 28 heavy (non-hydrogen) atoms. The van der Waals surface area contributed by atoms with Crippen LogP contribution in [0.1, 0.15) is 46.0 Å². The molecule has 1 heterocycles. The second-order valence-electron chi connectivity index (χ2n) is 6.50. The molecule has 0 atom stereocenters. The molecule has 0 saturated carbocycles. The fraction of sp³-hybridized carbons (Fsp3) is 0.250. The molecule has 3 amide bonds. The van der Waals surface area contributed by atoms with E-state index < -0.39 is 34.9 Å². The number of benzene rings is 2. The van der Waals surface area contributed by atoms with Gasteiger partial charge in [0.2, 0.25) is 5.91 Å². The van der Waals surface area contributed by atoms with Gasteiger partial charge in [0.25, 0.3) is 17.5 Å². The number of fused-ring (bicyclic) bond motifs is 1. The second kappa shape index (κ2) is 7.99. The van der Waals surface area contributed by atoms with Crippen LogP contribution in [0.5, 0.6) is 0 Å². The zero-order valence-corrected chi connectivity index (χ0v) is 15.3. The van der Waals surface area contributed by atoms with Gasteiger partial charge in [0.1, 0.15) is 12.1 Å². The van der Waals surface area contributed by atoms with Crippen LogP contribution in [0.2, 0.25) is 0 Å². The summed E-state index contributed by atoms with van der Waals surface area (Å²) in [5.74, 6) is -2.11. The van der Waals surface area contributed by atoms with E-state index in [-0.39, 0.29) is 11.1 Å². The van der Waals surface area contributed by atoms with Gasteiger partial charge in [0, 0.05) is 11.8 Å². The molecule has 0 aliphatic carbocycles. The summed E-state index contributed by atoms with van der Waals surface area (Å²) < 4.78 is 0. The molecular formula is C20H19N3O5. The molecule has 1 aliphatic rings. The van der Waals surface area contributed by atoms with Gasteiger partial charge in [-0.25, -0.2) is 0 Å². The average Bonchev–Trinajstić information content (AvgIpc) is 2.92. The van der Waals surface area contributed by atoms with Gasteiger partial charge in [-0.3, -0.25) is 29.4 Å². The Bertz CT molecular complexity index is 953. The van der Waals surface area contributed by atoms with E-state index in [1.165, 1.54) is 12.1 Å². The fourth-order valence-electron chi connectivity index (χ4n) is 3.09. The topological polar surface area (TPSA) is 110 Å². The van der Waals surface area contributed by atoms with Gasteiger partial charge in [0.15, 0.2) is 0 Å². The van der Waals surface area contributed by atoms with Crippen molar-refractivity contribution in [2.24, 2.45) is 0 Å². The van der Waals surface area contributed by atoms with E-state index in [0.29, 0.717) is 5.69 Å². The Labute approximate surface area is 161 Å². The number of imide groups is 1. The monoisotopic (exact) mass is 381 g/mol. The van der Waals surface area contributed by atoms with E-state index in [0.717, 1.165) is 35.8 Å². The van der Waals surface area contributed by atoms with Gasteiger partial charge in [-0.05, 0) is 36.6 Å². The van der Waals surface area contributed by atoms with Crippen molar-refractivity contribution in [3.05, 3.63) is 69.3 Å². The van der Waals surface area contributed by atoms with Crippen molar-refractivity contribution < 1.29 is 19.3 Å².